The minimum Gasteiger partial charge on any atom is -0.506 e. The quantitative estimate of drug-likeness (QED) is 0.516. The number of anilines is 1. The number of aliphatic hydroxyl groups excluding tert-OH is 1. The SMILES string of the molecule is CC.COc1cc(N)ccc1/C(O)=C/N. The number of benzene rings is 1. The van der Waals surface area contributed by atoms with Crippen molar-refractivity contribution >= 4 is 11.4 Å². The van der Waals surface area contributed by atoms with Crippen LogP contribution in [0.4, 0.5) is 5.69 Å². The first-order valence-electron chi connectivity index (χ1n) is 4.73. The summed E-state index contributed by atoms with van der Waals surface area (Å²) in [5.74, 6) is 0.469. The molecule has 1 aromatic rings. The number of methoxy groups -OCH3 is 1. The van der Waals surface area contributed by atoms with Crippen molar-refractivity contribution in [3.8, 4) is 5.75 Å². The highest BCUT2D eigenvalue weighted by Gasteiger charge is 2.06. The third kappa shape index (κ3) is 3.42. The van der Waals surface area contributed by atoms with Gasteiger partial charge in [0.25, 0.3) is 0 Å². The van der Waals surface area contributed by atoms with E-state index in [-0.39, 0.29) is 5.76 Å². The van der Waals surface area contributed by atoms with E-state index < -0.39 is 0 Å². The summed E-state index contributed by atoms with van der Waals surface area (Å²) in [6.07, 6.45) is 1.11. The monoisotopic (exact) mass is 210 g/mol. The molecule has 1 aromatic carbocycles. The van der Waals surface area contributed by atoms with Crippen molar-refractivity contribution in [2.75, 3.05) is 12.8 Å². The molecule has 0 aliphatic carbocycles. The van der Waals surface area contributed by atoms with Crippen molar-refractivity contribution in [3.05, 3.63) is 30.0 Å². The van der Waals surface area contributed by atoms with Gasteiger partial charge in [0, 0.05) is 18.0 Å². The summed E-state index contributed by atoms with van der Waals surface area (Å²) in [6.45, 7) is 4.00. The second kappa shape index (κ2) is 6.59. The van der Waals surface area contributed by atoms with Crippen LogP contribution in [0, 0.1) is 0 Å². The Morgan fingerprint density at radius 3 is 2.47 bits per heavy atom. The number of nitrogens with two attached hydrogens (primary N) is 2. The van der Waals surface area contributed by atoms with Crippen LogP contribution >= 0.6 is 0 Å². The smallest absolute Gasteiger partial charge is 0.141 e. The van der Waals surface area contributed by atoms with Gasteiger partial charge in [-0.1, -0.05) is 13.8 Å². The van der Waals surface area contributed by atoms with Crippen LogP contribution in [0.5, 0.6) is 5.75 Å². The van der Waals surface area contributed by atoms with Crippen LogP contribution in [0.2, 0.25) is 0 Å². The van der Waals surface area contributed by atoms with Crippen molar-refractivity contribution < 1.29 is 9.84 Å². The molecule has 5 N–H and O–H groups in total. The minimum atomic E-state index is -0.0307. The normalized spacial score (nSPS) is 10.2. The summed E-state index contributed by atoms with van der Waals surface area (Å²) in [7, 11) is 1.50. The van der Waals surface area contributed by atoms with E-state index in [1.165, 1.54) is 7.11 Å². The molecule has 0 amide bonds. The Bertz CT molecular complexity index is 335. The lowest BCUT2D eigenvalue weighted by Crippen LogP contribution is -1.95. The molecular formula is C11H18N2O2. The molecule has 0 saturated carbocycles. The Morgan fingerprint density at radius 2 is 2.00 bits per heavy atom. The van der Waals surface area contributed by atoms with E-state index in [9.17, 15) is 5.11 Å². The number of rotatable bonds is 2. The molecule has 0 saturated heterocycles. The van der Waals surface area contributed by atoms with Gasteiger partial charge in [-0.15, -0.1) is 0 Å². The van der Waals surface area contributed by atoms with Crippen molar-refractivity contribution in [2.24, 2.45) is 5.73 Å². The maximum absolute atomic E-state index is 9.35. The molecule has 4 heteroatoms. The predicted octanol–water partition coefficient (Wildman–Crippen LogP) is 2.12. The van der Waals surface area contributed by atoms with E-state index in [0.717, 1.165) is 6.20 Å². The van der Waals surface area contributed by atoms with E-state index >= 15 is 0 Å². The lowest BCUT2D eigenvalue weighted by molar-refractivity contribution is 0.408. The van der Waals surface area contributed by atoms with Crippen LogP contribution in [-0.4, -0.2) is 12.2 Å². The van der Waals surface area contributed by atoms with Crippen molar-refractivity contribution in [3.63, 3.8) is 0 Å². The average molecular weight is 210 g/mol. The number of nitrogen functional groups attached to an aromatic ring is 1. The minimum absolute atomic E-state index is 0.0307. The molecule has 84 valence electrons. The maximum Gasteiger partial charge on any atom is 0.141 e. The van der Waals surface area contributed by atoms with E-state index in [0.29, 0.717) is 17.0 Å². The number of hydrogen-bond acceptors (Lipinski definition) is 4. The Hall–Kier alpha value is -1.84. The Balaban J connectivity index is 0.000000921. The molecule has 0 aromatic heterocycles. The van der Waals surface area contributed by atoms with Gasteiger partial charge in [-0.2, -0.15) is 0 Å². The summed E-state index contributed by atoms with van der Waals surface area (Å²) in [5.41, 5.74) is 11.8. The molecule has 1 rings (SSSR count). The molecule has 4 nitrogen and oxygen atoms in total. The third-order valence-electron chi connectivity index (χ3n) is 1.66. The second-order valence-electron chi connectivity index (χ2n) is 2.51. The third-order valence-corrected chi connectivity index (χ3v) is 1.66. The first-order valence-corrected chi connectivity index (χ1v) is 4.73. The molecule has 0 fully saturated rings. The van der Waals surface area contributed by atoms with Gasteiger partial charge >= 0.3 is 0 Å². The van der Waals surface area contributed by atoms with E-state index in [1.807, 2.05) is 13.8 Å². The summed E-state index contributed by atoms with van der Waals surface area (Å²) in [6, 6.07) is 4.93. The molecule has 0 unspecified atom stereocenters. The maximum atomic E-state index is 9.35. The zero-order chi connectivity index (χ0) is 11.8. The fourth-order valence-electron chi connectivity index (χ4n) is 1.01. The van der Waals surface area contributed by atoms with Gasteiger partial charge in [-0.25, -0.2) is 0 Å². The van der Waals surface area contributed by atoms with Crippen molar-refractivity contribution in [1.82, 2.24) is 0 Å². The second-order valence-corrected chi connectivity index (χ2v) is 2.51. The largest absolute Gasteiger partial charge is 0.506 e. The van der Waals surface area contributed by atoms with Crippen LogP contribution in [0.15, 0.2) is 24.4 Å². The Labute approximate surface area is 90.2 Å². The zero-order valence-electron chi connectivity index (χ0n) is 9.32. The number of hydrogen-bond donors (Lipinski definition) is 3. The fraction of sp³-hybridized carbons (Fsp3) is 0.273. The highest BCUT2D eigenvalue weighted by Crippen LogP contribution is 2.25. The molecule has 0 aliphatic heterocycles. The van der Waals surface area contributed by atoms with Crippen LogP contribution in [0.1, 0.15) is 19.4 Å². The lowest BCUT2D eigenvalue weighted by atomic mass is 10.1. The number of aliphatic hydroxyl groups is 1. The van der Waals surface area contributed by atoms with Gasteiger partial charge in [-0.3, -0.25) is 0 Å². The van der Waals surface area contributed by atoms with Crippen LogP contribution in [0.3, 0.4) is 0 Å². The van der Waals surface area contributed by atoms with Gasteiger partial charge < -0.3 is 21.3 Å². The van der Waals surface area contributed by atoms with Gasteiger partial charge in [0.1, 0.15) is 11.5 Å². The van der Waals surface area contributed by atoms with Crippen LogP contribution < -0.4 is 16.2 Å². The van der Waals surface area contributed by atoms with Gasteiger partial charge in [0.05, 0.1) is 12.7 Å². The Kier molecular flexibility index (Phi) is 5.78. The molecule has 0 aliphatic rings. The zero-order valence-corrected chi connectivity index (χ0v) is 9.32. The van der Waals surface area contributed by atoms with Gasteiger partial charge in [0.15, 0.2) is 0 Å². The van der Waals surface area contributed by atoms with Crippen molar-refractivity contribution in [2.45, 2.75) is 13.8 Å². The molecule has 0 heterocycles. The standard InChI is InChI=1S/C9H12N2O2.C2H6/c1-13-9-4-6(11)2-3-7(9)8(12)5-10;1-2/h2-5,12H,10-11H2,1H3;1-2H3/b8-5-;. The summed E-state index contributed by atoms with van der Waals surface area (Å²) in [5, 5.41) is 9.35. The number of ether oxygens (including phenoxy) is 1. The molecule has 0 radical (unpaired) electrons. The fourth-order valence-corrected chi connectivity index (χ4v) is 1.01. The summed E-state index contributed by atoms with van der Waals surface area (Å²) in [4.78, 5) is 0. The lowest BCUT2D eigenvalue weighted by Gasteiger charge is -2.07. The molecule has 0 bridgehead atoms. The highest BCUT2D eigenvalue weighted by molar-refractivity contribution is 5.67. The molecule has 0 atom stereocenters. The van der Waals surface area contributed by atoms with Gasteiger partial charge in [-0.05, 0) is 12.1 Å². The predicted molar refractivity (Wildman–Crippen MR) is 63.5 cm³/mol. The Morgan fingerprint density at radius 1 is 1.40 bits per heavy atom. The van der Waals surface area contributed by atoms with Gasteiger partial charge in [0.2, 0.25) is 0 Å². The highest BCUT2D eigenvalue weighted by atomic mass is 16.5. The van der Waals surface area contributed by atoms with E-state index in [4.69, 9.17) is 16.2 Å². The topological polar surface area (TPSA) is 81.5 Å². The molecular weight excluding hydrogens is 192 g/mol. The summed E-state index contributed by atoms with van der Waals surface area (Å²) < 4.78 is 5.01. The van der Waals surface area contributed by atoms with Crippen molar-refractivity contribution in [1.29, 1.82) is 0 Å². The van der Waals surface area contributed by atoms with E-state index in [1.54, 1.807) is 18.2 Å². The molecule has 0 spiro atoms. The molecule has 15 heavy (non-hydrogen) atoms. The van der Waals surface area contributed by atoms with E-state index in [2.05, 4.69) is 0 Å². The van der Waals surface area contributed by atoms with Crippen LogP contribution in [0.25, 0.3) is 5.76 Å². The first-order chi connectivity index (χ1) is 7.19. The summed E-state index contributed by atoms with van der Waals surface area (Å²) >= 11 is 0. The average Bonchev–Trinajstić information content (AvgIpc) is 2.30. The first kappa shape index (κ1) is 13.2. The van der Waals surface area contributed by atoms with Crippen LogP contribution in [-0.2, 0) is 0 Å².